The van der Waals surface area contributed by atoms with Gasteiger partial charge in [0.15, 0.2) is 0 Å². The van der Waals surface area contributed by atoms with Crippen LogP contribution in [-0.2, 0) is 9.53 Å². The van der Waals surface area contributed by atoms with Crippen molar-refractivity contribution in [3.63, 3.8) is 0 Å². The summed E-state index contributed by atoms with van der Waals surface area (Å²) < 4.78 is 4.91. The smallest absolute Gasteiger partial charge is 0.233 e. The van der Waals surface area contributed by atoms with Crippen LogP contribution in [0, 0.1) is 0 Å². The van der Waals surface area contributed by atoms with E-state index >= 15 is 0 Å². The molecule has 0 saturated carbocycles. The Balaban J connectivity index is 1.82. The van der Waals surface area contributed by atoms with E-state index < -0.39 is 0 Å². The molecule has 5 nitrogen and oxygen atoms in total. The fourth-order valence-corrected chi connectivity index (χ4v) is 2.14. The molecule has 1 fully saturated rings. The molecule has 0 spiro atoms. The molecule has 0 radical (unpaired) electrons. The molecule has 1 rings (SSSR count). The Morgan fingerprint density at radius 1 is 1.22 bits per heavy atom. The van der Waals surface area contributed by atoms with Crippen LogP contribution in [0.2, 0.25) is 0 Å². The van der Waals surface area contributed by atoms with Crippen LogP contribution >= 0.6 is 0 Å². The molecule has 18 heavy (non-hydrogen) atoms. The van der Waals surface area contributed by atoms with E-state index in [0.29, 0.717) is 19.7 Å². The van der Waals surface area contributed by atoms with E-state index in [9.17, 15) is 4.79 Å². The maximum Gasteiger partial charge on any atom is 0.233 e. The summed E-state index contributed by atoms with van der Waals surface area (Å²) in [4.78, 5) is 13.9. The van der Waals surface area contributed by atoms with Crippen molar-refractivity contribution in [2.24, 2.45) is 0 Å². The van der Waals surface area contributed by atoms with Crippen molar-refractivity contribution in [1.82, 2.24) is 15.5 Å². The highest BCUT2D eigenvalue weighted by atomic mass is 16.5. The fourth-order valence-electron chi connectivity index (χ4n) is 2.14. The zero-order valence-electron chi connectivity index (χ0n) is 11.5. The number of rotatable bonds is 10. The van der Waals surface area contributed by atoms with Crippen LogP contribution in [0.1, 0.15) is 25.7 Å². The summed E-state index contributed by atoms with van der Waals surface area (Å²) in [7, 11) is 1.67. The van der Waals surface area contributed by atoms with Gasteiger partial charge in [0.25, 0.3) is 0 Å². The van der Waals surface area contributed by atoms with Gasteiger partial charge in [0.1, 0.15) is 0 Å². The third kappa shape index (κ3) is 7.63. The number of carbonyl (C=O) groups is 1. The summed E-state index contributed by atoms with van der Waals surface area (Å²) in [5.41, 5.74) is 0. The van der Waals surface area contributed by atoms with Crippen LogP contribution in [0.3, 0.4) is 0 Å². The number of hydrogen-bond donors (Lipinski definition) is 2. The maximum absolute atomic E-state index is 11.4. The number of hydrogen-bond acceptors (Lipinski definition) is 4. The quantitative estimate of drug-likeness (QED) is 0.550. The van der Waals surface area contributed by atoms with Gasteiger partial charge < -0.3 is 20.3 Å². The van der Waals surface area contributed by atoms with Crippen molar-refractivity contribution < 1.29 is 9.53 Å². The monoisotopic (exact) mass is 257 g/mol. The molecule has 0 aliphatic carbocycles. The zero-order valence-corrected chi connectivity index (χ0v) is 11.5. The summed E-state index contributed by atoms with van der Waals surface area (Å²) in [5, 5.41) is 6.04. The lowest BCUT2D eigenvalue weighted by Gasteiger charge is -2.14. The number of likely N-dealkylation sites (tertiary alicyclic amines) is 1. The third-order valence-corrected chi connectivity index (χ3v) is 3.16. The molecule has 5 heteroatoms. The minimum absolute atomic E-state index is 0.0762. The van der Waals surface area contributed by atoms with E-state index in [1.807, 2.05) is 0 Å². The lowest BCUT2D eigenvalue weighted by Crippen LogP contribution is -2.35. The van der Waals surface area contributed by atoms with Crippen molar-refractivity contribution in [3.8, 4) is 0 Å². The third-order valence-electron chi connectivity index (χ3n) is 3.16. The average molecular weight is 257 g/mol. The molecule has 0 bridgehead atoms. The number of methoxy groups -OCH3 is 1. The summed E-state index contributed by atoms with van der Waals surface area (Å²) in [6.45, 7) is 6.39. The van der Waals surface area contributed by atoms with Gasteiger partial charge in [-0.3, -0.25) is 4.79 Å². The number of carbonyl (C=O) groups excluding carboxylic acids is 1. The molecular formula is C13H27N3O2. The minimum Gasteiger partial charge on any atom is -0.385 e. The van der Waals surface area contributed by atoms with Crippen LogP contribution in [0.25, 0.3) is 0 Å². The Morgan fingerprint density at radius 3 is 2.72 bits per heavy atom. The Kier molecular flexibility index (Phi) is 8.81. The van der Waals surface area contributed by atoms with Gasteiger partial charge in [-0.1, -0.05) is 0 Å². The van der Waals surface area contributed by atoms with Crippen LogP contribution in [0.4, 0.5) is 0 Å². The van der Waals surface area contributed by atoms with Gasteiger partial charge >= 0.3 is 0 Å². The Labute approximate surface area is 110 Å². The predicted octanol–water partition coefficient (Wildman–Crippen LogP) is 0.215. The van der Waals surface area contributed by atoms with Crippen LogP contribution < -0.4 is 10.6 Å². The lowest BCUT2D eigenvalue weighted by atomic mass is 10.4. The SMILES string of the molecule is COCCCNC(=O)CNCCCN1CCCC1. The predicted molar refractivity (Wildman–Crippen MR) is 72.7 cm³/mol. The van der Waals surface area contributed by atoms with Gasteiger partial charge in [0.05, 0.1) is 6.54 Å². The van der Waals surface area contributed by atoms with Gasteiger partial charge in [-0.15, -0.1) is 0 Å². The molecule has 1 aliphatic rings. The molecule has 0 unspecified atom stereocenters. The van der Waals surface area contributed by atoms with Gasteiger partial charge in [0, 0.05) is 20.3 Å². The van der Waals surface area contributed by atoms with E-state index in [1.165, 1.54) is 25.9 Å². The van der Waals surface area contributed by atoms with Gasteiger partial charge in [-0.2, -0.15) is 0 Å². The summed E-state index contributed by atoms with van der Waals surface area (Å²) >= 11 is 0. The van der Waals surface area contributed by atoms with E-state index in [1.54, 1.807) is 7.11 Å². The van der Waals surface area contributed by atoms with E-state index in [4.69, 9.17) is 4.74 Å². The summed E-state index contributed by atoms with van der Waals surface area (Å²) in [5.74, 6) is 0.0762. The highest BCUT2D eigenvalue weighted by Gasteiger charge is 2.10. The van der Waals surface area contributed by atoms with Gasteiger partial charge in [-0.05, 0) is 51.9 Å². The molecule has 0 aromatic carbocycles. The summed E-state index contributed by atoms with van der Waals surface area (Å²) in [6.07, 6.45) is 4.68. The number of nitrogens with zero attached hydrogens (tertiary/aromatic N) is 1. The zero-order chi connectivity index (χ0) is 13.1. The molecule has 1 aliphatic heterocycles. The lowest BCUT2D eigenvalue weighted by molar-refractivity contribution is -0.120. The van der Waals surface area contributed by atoms with Crippen molar-refractivity contribution in [2.45, 2.75) is 25.7 Å². The first-order chi connectivity index (χ1) is 8.83. The highest BCUT2D eigenvalue weighted by Crippen LogP contribution is 2.06. The second-order valence-electron chi connectivity index (χ2n) is 4.78. The van der Waals surface area contributed by atoms with E-state index in [-0.39, 0.29) is 5.91 Å². The van der Waals surface area contributed by atoms with Crippen molar-refractivity contribution in [1.29, 1.82) is 0 Å². The molecule has 106 valence electrons. The fraction of sp³-hybridized carbons (Fsp3) is 0.923. The van der Waals surface area contributed by atoms with Crippen LogP contribution in [-0.4, -0.2) is 63.8 Å². The molecule has 0 aromatic heterocycles. The molecule has 1 saturated heterocycles. The first-order valence-corrected chi connectivity index (χ1v) is 7.01. The molecular weight excluding hydrogens is 230 g/mol. The van der Waals surface area contributed by atoms with Gasteiger partial charge in [-0.25, -0.2) is 0 Å². The minimum atomic E-state index is 0.0762. The van der Waals surface area contributed by atoms with Crippen molar-refractivity contribution >= 4 is 5.91 Å². The number of amides is 1. The topological polar surface area (TPSA) is 53.6 Å². The Hall–Kier alpha value is -0.650. The molecule has 1 heterocycles. The molecule has 2 N–H and O–H groups in total. The highest BCUT2D eigenvalue weighted by molar-refractivity contribution is 5.77. The normalized spacial score (nSPS) is 16.1. The molecule has 0 atom stereocenters. The number of nitrogens with one attached hydrogen (secondary N) is 2. The molecule has 1 amide bonds. The summed E-state index contributed by atoms with van der Waals surface area (Å²) in [6, 6.07) is 0. The van der Waals surface area contributed by atoms with Crippen molar-refractivity contribution in [2.75, 3.05) is 53.0 Å². The standard InChI is InChI=1S/C13H27N3O2/c1-18-11-5-7-15-13(17)12-14-6-4-10-16-8-2-3-9-16/h14H,2-12H2,1H3,(H,15,17). The largest absolute Gasteiger partial charge is 0.385 e. The molecule has 0 aromatic rings. The van der Waals surface area contributed by atoms with E-state index in [2.05, 4.69) is 15.5 Å². The first kappa shape index (κ1) is 15.4. The van der Waals surface area contributed by atoms with Crippen LogP contribution in [0.5, 0.6) is 0 Å². The first-order valence-electron chi connectivity index (χ1n) is 7.01. The maximum atomic E-state index is 11.4. The van der Waals surface area contributed by atoms with E-state index in [0.717, 1.165) is 25.9 Å². The second kappa shape index (κ2) is 10.3. The average Bonchev–Trinajstić information content (AvgIpc) is 2.87. The van der Waals surface area contributed by atoms with Crippen molar-refractivity contribution in [3.05, 3.63) is 0 Å². The van der Waals surface area contributed by atoms with Crippen LogP contribution in [0.15, 0.2) is 0 Å². The van der Waals surface area contributed by atoms with Gasteiger partial charge in [0.2, 0.25) is 5.91 Å². The Bertz CT molecular complexity index is 218. The Morgan fingerprint density at radius 2 is 2.00 bits per heavy atom. The number of ether oxygens (including phenoxy) is 1. The second-order valence-corrected chi connectivity index (χ2v) is 4.78.